The van der Waals surface area contributed by atoms with Gasteiger partial charge in [0.25, 0.3) is 0 Å². The maximum absolute atomic E-state index is 10.4. The van der Waals surface area contributed by atoms with Crippen molar-refractivity contribution in [3.8, 4) is 0 Å². The van der Waals surface area contributed by atoms with Crippen LogP contribution >= 0.6 is 0 Å². The van der Waals surface area contributed by atoms with Crippen LogP contribution in [0.25, 0.3) is 10.8 Å². The molecule has 5 atom stereocenters. The molecule has 0 amide bonds. The van der Waals surface area contributed by atoms with E-state index < -0.39 is 6.10 Å². The van der Waals surface area contributed by atoms with Crippen LogP contribution in [0.4, 0.5) is 0 Å². The minimum Gasteiger partial charge on any atom is -0.388 e. The number of ether oxygens (including phenoxy) is 2. The van der Waals surface area contributed by atoms with Gasteiger partial charge in [-0.05, 0) is 35.7 Å². The maximum Gasteiger partial charge on any atom is 0.106 e. The molecule has 1 saturated heterocycles. The van der Waals surface area contributed by atoms with E-state index in [4.69, 9.17) is 9.47 Å². The number of rotatable bonds is 4. The van der Waals surface area contributed by atoms with Gasteiger partial charge in [0.2, 0.25) is 0 Å². The topological polar surface area (TPSA) is 38.7 Å². The molecule has 2 aromatic carbocycles. The summed E-state index contributed by atoms with van der Waals surface area (Å²) in [4.78, 5) is 0. The van der Waals surface area contributed by atoms with E-state index in [1.807, 2.05) is 19.1 Å². The van der Waals surface area contributed by atoms with E-state index in [1.54, 1.807) is 0 Å². The molecular formula is C20H26O3. The summed E-state index contributed by atoms with van der Waals surface area (Å²) in [6.45, 7) is 6.66. The zero-order valence-electron chi connectivity index (χ0n) is 14.1. The lowest BCUT2D eigenvalue weighted by molar-refractivity contribution is -0.209. The highest BCUT2D eigenvalue weighted by molar-refractivity contribution is 5.82. The number of hydrogen-bond donors (Lipinski definition) is 1. The second-order valence-corrected chi connectivity index (χ2v) is 6.59. The molecule has 3 heteroatoms. The number of aliphatic hydroxyl groups excluding tert-OH is 1. The van der Waals surface area contributed by atoms with Crippen molar-refractivity contribution in [2.24, 2.45) is 5.92 Å². The van der Waals surface area contributed by atoms with E-state index in [2.05, 4.69) is 44.2 Å². The van der Waals surface area contributed by atoms with Gasteiger partial charge in [0, 0.05) is 5.92 Å². The smallest absolute Gasteiger partial charge is 0.106 e. The zero-order chi connectivity index (χ0) is 16.4. The van der Waals surface area contributed by atoms with Crippen LogP contribution in [0.5, 0.6) is 0 Å². The minimum atomic E-state index is -0.576. The molecule has 1 aliphatic rings. The number of fused-ring (bicyclic) bond motifs is 1. The first-order chi connectivity index (χ1) is 11.1. The summed E-state index contributed by atoms with van der Waals surface area (Å²) in [7, 11) is 0. The molecule has 23 heavy (non-hydrogen) atoms. The average Bonchev–Trinajstić information content (AvgIpc) is 2.58. The van der Waals surface area contributed by atoms with E-state index in [0.717, 1.165) is 12.0 Å². The summed E-state index contributed by atoms with van der Waals surface area (Å²) in [5.41, 5.74) is 1.13. The van der Waals surface area contributed by atoms with Crippen LogP contribution in [0.15, 0.2) is 42.5 Å². The fraction of sp³-hybridized carbons (Fsp3) is 0.500. The van der Waals surface area contributed by atoms with Gasteiger partial charge in [0.1, 0.15) is 6.10 Å². The summed E-state index contributed by atoms with van der Waals surface area (Å²) in [5, 5.41) is 12.9. The van der Waals surface area contributed by atoms with Gasteiger partial charge in [-0.1, -0.05) is 50.2 Å². The standard InChI is InChI=1S/C20H26O3/c1-4-18-13(2)20(19(21)14(3)23-18)22-12-15-9-10-16-7-5-6-8-17(16)11-15/h5-11,13-14,18-21H,4,12H2,1-3H3/t13-,14-,18?,19?,20-/m0/s1. The molecule has 124 valence electrons. The molecule has 1 heterocycles. The predicted octanol–water partition coefficient (Wildman–Crippen LogP) is 3.92. The Balaban J connectivity index is 1.72. The first-order valence-corrected chi connectivity index (χ1v) is 8.53. The van der Waals surface area contributed by atoms with E-state index in [9.17, 15) is 5.11 Å². The van der Waals surface area contributed by atoms with Crippen molar-refractivity contribution >= 4 is 10.8 Å². The Hall–Kier alpha value is -1.42. The van der Waals surface area contributed by atoms with Gasteiger partial charge in [-0.3, -0.25) is 0 Å². The van der Waals surface area contributed by atoms with Crippen LogP contribution in [0.1, 0.15) is 32.8 Å². The lowest BCUT2D eigenvalue weighted by atomic mass is 9.87. The van der Waals surface area contributed by atoms with E-state index >= 15 is 0 Å². The van der Waals surface area contributed by atoms with Gasteiger partial charge in [-0.15, -0.1) is 0 Å². The Morgan fingerprint density at radius 2 is 1.83 bits per heavy atom. The van der Waals surface area contributed by atoms with Gasteiger partial charge in [0.15, 0.2) is 0 Å². The van der Waals surface area contributed by atoms with Crippen LogP contribution in [0, 0.1) is 5.92 Å². The molecule has 2 aromatic rings. The molecule has 3 rings (SSSR count). The normalized spacial score (nSPS) is 31.4. The molecule has 3 nitrogen and oxygen atoms in total. The minimum absolute atomic E-state index is 0.148. The summed E-state index contributed by atoms with van der Waals surface area (Å²) < 4.78 is 12.0. The Morgan fingerprint density at radius 3 is 2.57 bits per heavy atom. The Kier molecular flexibility index (Phi) is 5.00. The largest absolute Gasteiger partial charge is 0.388 e. The second kappa shape index (κ2) is 7.00. The third-order valence-electron chi connectivity index (χ3n) is 4.97. The van der Waals surface area contributed by atoms with Crippen molar-refractivity contribution < 1.29 is 14.6 Å². The molecule has 0 radical (unpaired) electrons. The molecule has 0 saturated carbocycles. The quantitative estimate of drug-likeness (QED) is 0.929. The first kappa shape index (κ1) is 16.4. The molecular weight excluding hydrogens is 288 g/mol. The van der Waals surface area contributed by atoms with Gasteiger partial charge < -0.3 is 14.6 Å². The Morgan fingerprint density at radius 1 is 1.09 bits per heavy atom. The monoisotopic (exact) mass is 314 g/mol. The number of benzene rings is 2. The first-order valence-electron chi connectivity index (χ1n) is 8.53. The zero-order valence-corrected chi connectivity index (χ0v) is 14.1. The molecule has 0 aliphatic carbocycles. The SMILES string of the molecule is CCC1O[C@@H](C)C(O)[C@@H](OCc2ccc3ccccc3c2)[C@H]1C. The van der Waals surface area contributed by atoms with Crippen molar-refractivity contribution in [3.05, 3.63) is 48.0 Å². The third-order valence-corrected chi connectivity index (χ3v) is 4.97. The highest BCUT2D eigenvalue weighted by Crippen LogP contribution is 2.30. The average molecular weight is 314 g/mol. The van der Waals surface area contributed by atoms with Crippen molar-refractivity contribution in [1.82, 2.24) is 0 Å². The molecule has 1 aliphatic heterocycles. The van der Waals surface area contributed by atoms with Crippen LogP contribution in [-0.4, -0.2) is 29.5 Å². The predicted molar refractivity (Wildman–Crippen MR) is 92.3 cm³/mol. The van der Waals surface area contributed by atoms with Crippen molar-refractivity contribution in [1.29, 1.82) is 0 Å². The van der Waals surface area contributed by atoms with Crippen LogP contribution in [0.3, 0.4) is 0 Å². The molecule has 0 bridgehead atoms. The van der Waals surface area contributed by atoms with Crippen molar-refractivity contribution in [2.45, 2.75) is 58.2 Å². The van der Waals surface area contributed by atoms with Crippen LogP contribution in [0.2, 0.25) is 0 Å². The summed E-state index contributed by atoms with van der Waals surface area (Å²) >= 11 is 0. The fourth-order valence-electron chi connectivity index (χ4n) is 3.51. The van der Waals surface area contributed by atoms with E-state index in [1.165, 1.54) is 10.8 Å². The third kappa shape index (κ3) is 3.42. The number of aliphatic hydroxyl groups is 1. The summed E-state index contributed by atoms with van der Waals surface area (Å²) in [6, 6.07) is 14.7. The van der Waals surface area contributed by atoms with Crippen molar-refractivity contribution in [3.63, 3.8) is 0 Å². The van der Waals surface area contributed by atoms with E-state index in [0.29, 0.717) is 6.61 Å². The van der Waals surface area contributed by atoms with Gasteiger partial charge >= 0.3 is 0 Å². The molecule has 2 unspecified atom stereocenters. The van der Waals surface area contributed by atoms with Gasteiger partial charge in [0.05, 0.1) is 24.9 Å². The molecule has 0 aromatic heterocycles. The summed E-state index contributed by atoms with van der Waals surface area (Å²) in [5.74, 6) is 0.187. The van der Waals surface area contributed by atoms with Gasteiger partial charge in [-0.25, -0.2) is 0 Å². The highest BCUT2D eigenvalue weighted by Gasteiger charge is 2.40. The van der Waals surface area contributed by atoms with Crippen LogP contribution in [-0.2, 0) is 16.1 Å². The summed E-state index contributed by atoms with van der Waals surface area (Å²) in [6.07, 6.45) is 0.143. The molecule has 1 fully saturated rings. The maximum atomic E-state index is 10.4. The second-order valence-electron chi connectivity index (χ2n) is 6.59. The molecule has 0 spiro atoms. The number of hydrogen-bond acceptors (Lipinski definition) is 3. The highest BCUT2D eigenvalue weighted by atomic mass is 16.5. The Bertz CT molecular complexity index is 654. The lowest BCUT2D eigenvalue weighted by Crippen LogP contribution is -2.53. The van der Waals surface area contributed by atoms with Gasteiger partial charge in [-0.2, -0.15) is 0 Å². The lowest BCUT2D eigenvalue weighted by Gasteiger charge is -2.42. The van der Waals surface area contributed by atoms with Crippen molar-refractivity contribution in [2.75, 3.05) is 0 Å². The van der Waals surface area contributed by atoms with Crippen LogP contribution < -0.4 is 0 Å². The fourth-order valence-corrected chi connectivity index (χ4v) is 3.51. The molecule has 1 N–H and O–H groups in total. The Labute approximate surface area is 138 Å². The van der Waals surface area contributed by atoms with E-state index in [-0.39, 0.29) is 24.2 Å².